The summed E-state index contributed by atoms with van der Waals surface area (Å²) in [6, 6.07) is 17.7. The number of rotatable bonds is 7. The van der Waals surface area contributed by atoms with Crippen molar-refractivity contribution in [2.24, 2.45) is 0 Å². The third kappa shape index (κ3) is 4.78. The van der Waals surface area contributed by atoms with Crippen molar-refractivity contribution >= 4 is 23.5 Å². The summed E-state index contributed by atoms with van der Waals surface area (Å²) in [6.45, 7) is 4.12. The number of halogens is 1. The van der Waals surface area contributed by atoms with Gasteiger partial charge < -0.3 is 9.88 Å². The SMILES string of the molecule is Cc1c(C#N)c(NC(=O)CSc2nnnn2-c2ccccc2)n(Cc2ccc(F)cc2)c1C. The molecule has 0 radical (unpaired) electrons. The highest BCUT2D eigenvalue weighted by atomic mass is 32.2. The number of benzene rings is 2. The van der Waals surface area contributed by atoms with Crippen molar-refractivity contribution in [1.82, 2.24) is 24.8 Å². The van der Waals surface area contributed by atoms with E-state index < -0.39 is 0 Å². The van der Waals surface area contributed by atoms with Gasteiger partial charge in [0.25, 0.3) is 0 Å². The first-order chi connectivity index (χ1) is 16.0. The van der Waals surface area contributed by atoms with E-state index >= 15 is 0 Å². The van der Waals surface area contributed by atoms with E-state index in [1.54, 1.807) is 16.8 Å². The van der Waals surface area contributed by atoms with Gasteiger partial charge in [0.2, 0.25) is 11.1 Å². The van der Waals surface area contributed by atoms with Crippen molar-refractivity contribution in [2.75, 3.05) is 11.1 Å². The summed E-state index contributed by atoms with van der Waals surface area (Å²) in [7, 11) is 0. The van der Waals surface area contributed by atoms with E-state index in [2.05, 4.69) is 26.9 Å². The Hall–Kier alpha value is -3.97. The molecule has 0 saturated heterocycles. The Balaban J connectivity index is 1.52. The predicted octanol–water partition coefficient (Wildman–Crippen LogP) is 3.87. The average molecular weight is 462 g/mol. The molecule has 2 aromatic carbocycles. The van der Waals surface area contributed by atoms with E-state index in [1.165, 1.54) is 23.9 Å². The Morgan fingerprint density at radius 1 is 1.15 bits per heavy atom. The molecular weight excluding hydrogens is 441 g/mol. The monoisotopic (exact) mass is 461 g/mol. The highest BCUT2D eigenvalue weighted by Crippen LogP contribution is 2.28. The summed E-state index contributed by atoms with van der Waals surface area (Å²) in [5.41, 5.74) is 3.69. The summed E-state index contributed by atoms with van der Waals surface area (Å²) < 4.78 is 16.7. The maximum atomic E-state index is 13.3. The summed E-state index contributed by atoms with van der Waals surface area (Å²) in [4.78, 5) is 12.8. The molecule has 0 fully saturated rings. The number of para-hydroxylation sites is 1. The summed E-state index contributed by atoms with van der Waals surface area (Å²) >= 11 is 1.19. The standard InChI is InChI=1S/C23H20FN7OS/c1-15-16(2)30(13-17-8-10-18(24)11-9-17)22(20(15)12-25)26-21(32)14-33-23-27-28-29-31(23)19-6-4-3-5-7-19/h3-11H,13-14H2,1-2H3,(H,26,32). The molecule has 0 aliphatic carbocycles. The molecule has 0 spiro atoms. The number of thioether (sulfide) groups is 1. The molecule has 10 heteroatoms. The Kier molecular flexibility index (Phi) is 6.51. The van der Waals surface area contributed by atoms with Crippen LogP contribution in [0.15, 0.2) is 59.8 Å². The minimum Gasteiger partial charge on any atom is -0.326 e. The van der Waals surface area contributed by atoms with Crippen molar-refractivity contribution in [3.8, 4) is 11.8 Å². The van der Waals surface area contributed by atoms with Crippen LogP contribution in [0.4, 0.5) is 10.2 Å². The molecule has 4 aromatic rings. The van der Waals surface area contributed by atoms with Gasteiger partial charge in [-0.3, -0.25) is 4.79 Å². The fourth-order valence-electron chi connectivity index (χ4n) is 3.40. The van der Waals surface area contributed by atoms with Crippen LogP contribution in [0.3, 0.4) is 0 Å². The highest BCUT2D eigenvalue weighted by molar-refractivity contribution is 7.99. The number of carbonyl (C=O) groups excluding carboxylic acids is 1. The van der Waals surface area contributed by atoms with Gasteiger partial charge in [-0.25, -0.2) is 4.39 Å². The number of tetrazole rings is 1. The average Bonchev–Trinajstić information content (AvgIpc) is 3.38. The number of hydrogen-bond donors (Lipinski definition) is 1. The van der Waals surface area contributed by atoms with E-state index in [1.807, 2.05) is 48.7 Å². The van der Waals surface area contributed by atoms with Crippen molar-refractivity contribution in [3.05, 3.63) is 82.8 Å². The zero-order valence-electron chi connectivity index (χ0n) is 18.0. The number of anilines is 1. The molecule has 33 heavy (non-hydrogen) atoms. The van der Waals surface area contributed by atoms with Crippen LogP contribution < -0.4 is 5.32 Å². The predicted molar refractivity (Wildman–Crippen MR) is 123 cm³/mol. The smallest absolute Gasteiger partial charge is 0.235 e. The number of amides is 1. The molecule has 0 aliphatic heterocycles. The van der Waals surface area contributed by atoms with E-state index in [9.17, 15) is 14.4 Å². The number of aromatic nitrogens is 5. The largest absolute Gasteiger partial charge is 0.326 e. The maximum Gasteiger partial charge on any atom is 0.235 e. The number of nitrogens with one attached hydrogen (secondary N) is 1. The Bertz CT molecular complexity index is 1320. The van der Waals surface area contributed by atoms with Gasteiger partial charge in [-0.05, 0) is 59.7 Å². The molecule has 0 atom stereocenters. The minimum atomic E-state index is -0.319. The van der Waals surface area contributed by atoms with Gasteiger partial charge in [0.1, 0.15) is 17.7 Å². The second-order valence-corrected chi connectivity index (χ2v) is 8.25. The number of nitriles is 1. The highest BCUT2D eigenvalue weighted by Gasteiger charge is 2.20. The zero-order chi connectivity index (χ0) is 23.4. The second-order valence-electron chi connectivity index (χ2n) is 7.30. The van der Waals surface area contributed by atoms with Crippen LogP contribution in [0.25, 0.3) is 5.69 Å². The van der Waals surface area contributed by atoms with Crippen LogP contribution in [0.1, 0.15) is 22.4 Å². The number of hydrogen-bond acceptors (Lipinski definition) is 6. The van der Waals surface area contributed by atoms with Crippen LogP contribution in [0.2, 0.25) is 0 Å². The van der Waals surface area contributed by atoms with Gasteiger partial charge in [0, 0.05) is 12.2 Å². The lowest BCUT2D eigenvalue weighted by Gasteiger charge is -2.13. The first kappa shape index (κ1) is 22.2. The molecule has 2 heterocycles. The minimum absolute atomic E-state index is 0.0535. The number of carbonyl (C=O) groups is 1. The number of nitrogens with zero attached hydrogens (tertiary/aromatic N) is 6. The Morgan fingerprint density at radius 2 is 1.88 bits per heavy atom. The topological polar surface area (TPSA) is 101 Å². The third-order valence-corrected chi connectivity index (χ3v) is 6.15. The molecule has 166 valence electrons. The van der Waals surface area contributed by atoms with Crippen LogP contribution >= 0.6 is 11.8 Å². The summed E-state index contributed by atoms with van der Waals surface area (Å²) in [5.74, 6) is -0.139. The van der Waals surface area contributed by atoms with E-state index in [0.717, 1.165) is 22.5 Å². The molecule has 1 amide bonds. The van der Waals surface area contributed by atoms with Gasteiger partial charge in [0.05, 0.1) is 17.0 Å². The molecule has 0 aliphatic rings. The molecular formula is C23H20FN7OS. The molecule has 0 bridgehead atoms. The summed E-state index contributed by atoms with van der Waals surface area (Å²) in [5, 5.41) is 24.7. The molecule has 8 nitrogen and oxygen atoms in total. The lowest BCUT2D eigenvalue weighted by molar-refractivity contribution is -0.113. The van der Waals surface area contributed by atoms with Crippen LogP contribution in [-0.4, -0.2) is 36.4 Å². The van der Waals surface area contributed by atoms with Crippen molar-refractivity contribution in [1.29, 1.82) is 5.26 Å². The first-order valence-corrected chi connectivity index (χ1v) is 11.1. The normalized spacial score (nSPS) is 10.7. The lowest BCUT2D eigenvalue weighted by Crippen LogP contribution is -2.19. The van der Waals surface area contributed by atoms with Crippen LogP contribution in [0.5, 0.6) is 0 Å². The van der Waals surface area contributed by atoms with E-state index in [4.69, 9.17) is 0 Å². The molecule has 0 unspecified atom stereocenters. The quantitative estimate of drug-likeness (QED) is 0.419. The molecule has 0 saturated carbocycles. The van der Waals surface area contributed by atoms with Gasteiger partial charge in [-0.2, -0.15) is 9.94 Å². The third-order valence-electron chi connectivity index (χ3n) is 5.23. The van der Waals surface area contributed by atoms with E-state index in [-0.39, 0.29) is 17.5 Å². The van der Waals surface area contributed by atoms with Gasteiger partial charge in [-0.15, -0.1) is 5.10 Å². The fraction of sp³-hybridized carbons (Fsp3) is 0.174. The van der Waals surface area contributed by atoms with Gasteiger partial charge in [0.15, 0.2) is 0 Å². The van der Waals surface area contributed by atoms with Crippen LogP contribution in [0, 0.1) is 31.0 Å². The Morgan fingerprint density at radius 3 is 2.58 bits per heavy atom. The van der Waals surface area contributed by atoms with Crippen LogP contribution in [-0.2, 0) is 11.3 Å². The first-order valence-electron chi connectivity index (χ1n) is 10.1. The fourth-order valence-corrected chi connectivity index (χ4v) is 4.09. The van der Waals surface area contributed by atoms with E-state index in [0.29, 0.717) is 23.1 Å². The molecule has 1 N–H and O–H groups in total. The maximum absolute atomic E-state index is 13.3. The van der Waals surface area contributed by atoms with Crippen molar-refractivity contribution in [2.45, 2.75) is 25.5 Å². The van der Waals surface area contributed by atoms with Gasteiger partial charge in [-0.1, -0.05) is 42.1 Å². The zero-order valence-corrected chi connectivity index (χ0v) is 18.8. The Labute approximate surface area is 194 Å². The molecule has 2 aromatic heterocycles. The lowest BCUT2D eigenvalue weighted by atomic mass is 10.2. The van der Waals surface area contributed by atoms with Gasteiger partial charge >= 0.3 is 0 Å². The summed E-state index contributed by atoms with van der Waals surface area (Å²) in [6.07, 6.45) is 0. The molecule has 4 rings (SSSR count). The van der Waals surface area contributed by atoms with Crippen molar-refractivity contribution in [3.63, 3.8) is 0 Å². The second kappa shape index (κ2) is 9.67. The van der Waals surface area contributed by atoms with Crippen molar-refractivity contribution < 1.29 is 9.18 Å².